The van der Waals surface area contributed by atoms with E-state index in [-0.39, 0.29) is 17.2 Å². The maximum atomic E-state index is 12.8. The number of amides is 2. The van der Waals surface area contributed by atoms with Crippen LogP contribution in [0.1, 0.15) is 49.4 Å². The van der Waals surface area contributed by atoms with E-state index < -0.39 is 0 Å². The molecular weight excluding hydrogens is 370 g/mol. The van der Waals surface area contributed by atoms with Gasteiger partial charge in [0.1, 0.15) is 5.82 Å². The zero-order valence-corrected chi connectivity index (χ0v) is 17.0. The summed E-state index contributed by atoms with van der Waals surface area (Å²) in [7, 11) is 0. The van der Waals surface area contributed by atoms with Gasteiger partial charge in [0.15, 0.2) is 5.82 Å². The van der Waals surface area contributed by atoms with Crippen LogP contribution in [0.2, 0.25) is 0 Å². The van der Waals surface area contributed by atoms with E-state index >= 15 is 0 Å². The normalized spacial score (nSPS) is 22.4. The lowest BCUT2D eigenvalue weighted by Crippen LogP contribution is -2.55. The van der Waals surface area contributed by atoms with Gasteiger partial charge < -0.3 is 14.8 Å². The lowest BCUT2D eigenvalue weighted by atomic mass is 9.73. The number of likely N-dealkylation sites (tertiary alicyclic amines) is 2. The van der Waals surface area contributed by atoms with E-state index in [9.17, 15) is 9.59 Å². The molecule has 2 aliphatic heterocycles. The lowest BCUT2D eigenvalue weighted by molar-refractivity contribution is -0.143. The number of aromatic nitrogens is 5. The zero-order valence-electron chi connectivity index (χ0n) is 17.0. The highest BCUT2D eigenvalue weighted by molar-refractivity contribution is 5.78. The number of rotatable bonds is 6. The van der Waals surface area contributed by atoms with Gasteiger partial charge in [-0.05, 0) is 26.2 Å². The van der Waals surface area contributed by atoms with Crippen LogP contribution in [0.15, 0.2) is 12.5 Å². The lowest BCUT2D eigenvalue weighted by Gasteiger charge is -2.48. The Labute approximate surface area is 170 Å². The number of carbonyl (C=O) groups excluding carboxylic acids is 2. The topological polar surface area (TPSA) is 111 Å². The summed E-state index contributed by atoms with van der Waals surface area (Å²) in [5.74, 6) is 1.84. The van der Waals surface area contributed by atoms with E-state index in [0.717, 1.165) is 56.8 Å². The van der Waals surface area contributed by atoms with E-state index in [1.54, 1.807) is 12.5 Å². The highest BCUT2D eigenvalue weighted by atomic mass is 16.2. The van der Waals surface area contributed by atoms with Crippen molar-refractivity contribution in [2.24, 2.45) is 5.41 Å². The van der Waals surface area contributed by atoms with Crippen molar-refractivity contribution in [3.05, 3.63) is 29.9 Å². The number of nitrogens with zero attached hydrogens (tertiary/aromatic N) is 5. The minimum absolute atomic E-state index is 0.0248. The van der Waals surface area contributed by atoms with Crippen LogP contribution in [-0.4, -0.2) is 72.9 Å². The fourth-order valence-corrected chi connectivity index (χ4v) is 4.61. The number of piperidine rings is 2. The number of imidazole rings is 1. The predicted octanol–water partition coefficient (Wildman–Crippen LogP) is 1.24. The van der Waals surface area contributed by atoms with Crippen molar-refractivity contribution < 1.29 is 9.59 Å². The van der Waals surface area contributed by atoms with Gasteiger partial charge >= 0.3 is 0 Å². The standard InChI is InChI=1S/C20H29N7O2/c1-15-23-17(25-24-15)3-4-18(28)26-9-2-7-20(12-26)8-5-19(29)27(13-20)10-6-16-11-21-14-22-16/h11,14H,2-10,12-13H2,1H3,(H,21,22)(H,23,24,25)/t20-/m0/s1. The number of aryl methyl sites for hydroxylation is 2. The third-order valence-corrected chi connectivity index (χ3v) is 6.17. The first-order valence-electron chi connectivity index (χ1n) is 10.4. The third kappa shape index (κ3) is 4.65. The highest BCUT2D eigenvalue weighted by Crippen LogP contribution is 2.39. The monoisotopic (exact) mass is 399 g/mol. The summed E-state index contributed by atoms with van der Waals surface area (Å²) in [6.07, 6.45) is 8.74. The molecule has 0 aromatic carbocycles. The summed E-state index contributed by atoms with van der Waals surface area (Å²) in [5, 5.41) is 6.94. The summed E-state index contributed by atoms with van der Waals surface area (Å²) in [6, 6.07) is 0. The summed E-state index contributed by atoms with van der Waals surface area (Å²) in [5.41, 5.74) is 1.07. The molecule has 1 atom stereocenters. The van der Waals surface area contributed by atoms with Crippen molar-refractivity contribution in [3.63, 3.8) is 0 Å². The number of nitrogens with one attached hydrogen (secondary N) is 2. The first-order valence-corrected chi connectivity index (χ1v) is 10.4. The fraction of sp³-hybridized carbons (Fsp3) is 0.650. The second-order valence-electron chi connectivity index (χ2n) is 8.40. The molecule has 2 aromatic heterocycles. The molecule has 2 aliphatic rings. The van der Waals surface area contributed by atoms with Crippen LogP contribution >= 0.6 is 0 Å². The van der Waals surface area contributed by atoms with Crippen LogP contribution in [0.25, 0.3) is 0 Å². The summed E-state index contributed by atoms with van der Waals surface area (Å²) < 4.78 is 0. The first kappa shape index (κ1) is 19.6. The van der Waals surface area contributed by atoms with Crippen molar-refractivity contribution in [1.82, 2.24) is 34.9 Å². The van der Waals surface area contributed by atoms with Gasteiger partial charge in [-0.15, -0.1) is 0 Å². The molecule has 9 heteroatoms. The second-order valence-corrected chi connectivity index (χ2v) is 8.40. The number of H-pyrrole nitrogens is 2. The van der Waals surface area contributed by atoms with Crippen molar-refractivity contribution in [3.8, 4) is 0 Å². The molecular formula is C20H29N7O2. The molecule has 29 heavy (non-hydrogen) atoms. The minimum Gasteiger partial charge on any atom is -0.348 e. The Kier molecular flexibility index (Phi) is 5.64. The summed E-state index contributed by atoms with van der Waals surface area (Å²) in [6.45, 7) is 4.84. The average Bonchev–Trinajstić information content (AvgIpc) is 3.39. The third-order valence-electron chi connectivity index (χ3n) is 6.17. The molecule has 4 rings (SSSR count). The molecule has 2 saturated heterocycles. The smallest absolute Gasteiger partial charge is 0.223 e. The highest BCUT2D eigenvalue weighted by Gasteiger charge is 2.42. The van der Waals surface area contributed by atoms with E-state index in [1.807, 2.05) is 16.7 Å². The van der Waals surface area contributed by atoms with Crippen molar-refractivity contribution >= 4 is 11.8 Å². The van der Waals surface area contributed by atoms with Gasteiger partial charge in [-0.2, -0.15) is 5.10 Å². The molecule has 0 saturated carbocycles. The molecule has 0 unspecified atom stereocenters. The Hall–Kier alpha value is -2.71. The molecule has 0 aliphatic carbocycles. The maximum absolute atomic E-state index is 12.8. The van der Waals surface area contributed by atoms with Gasteiger partial charge in [-0.1, -0.05) is 0 Å². The first-order chi connectivity index (χ1) is 14.0. The predicted molar refractivity (Wildman–Crippen MR) is 106 cm³/mol. The van der Waals surface area contributed by atoms with Crippen LogP contribution in [0.3, 0.4) is 0 Å². The van der Waals surface area contributed by atoms with Crippen LogP contribution in [0.4, 0.5) is 0 Å². The van der Waals surface area contributed by atoms with E-state index in [4.69, 9.17) is 0 Å². The van der Waals surface area contributed by atoms with Gasteiger partial charge in [0, 0.05) is 69.2 Å². The summed E-state index contributed by atoms with van der Waals surface area (Å²) in [4.78, 5) is 40.7. The van der Waals surface area contributed by atoms with Crippen molar-refractivity contribution in [1.29, 1.82) is 0 Å². The molecule has 0 radical (unpaired) electrons. The van der Waals surface area contributed by atoms with Gasteiger partial charge in [0.05, 0.1) is 6.33 Å². The minimum atomic E-state index is 0.0248. The van der Waals surface area contributed by atoms with Gasteiger partial charge in [-0.25, -0.2) is 9.97 Å². The van der Waals surface area contributed by atoms with Crippen molar-refractivity contribution in [2.45, 2.75) is 51.9 Å². The number of hydrogen-bond donors (Lipinski definition) is 2. The molecule has 2 aromatic rings. The Balaban J connectivity index is 1.34. The Bertz CT molecular complexity index is 847. The van der Waals surface area contributed by atoms with Crippen molar-refractivity contribution in [2.75, 3.05) is 26.2 Å². The maximum Gasteiger partial charge on any atom is 0.223 e. The zero-order chi connectivity index (χ0) is 20.3. The SMILES string of the molecule is Cc1nc(CCC(=O)N2CCC[C@]3(CCC(=O)N(CCc4cnc[nH]4)C3)C2)n[nH]1. The average molecular weight is 399 g/mol. The molecule has 0 bridgehead atoms. The van der Waals surface area contributed by atoms with E-state index in [2.05, 4.69) is 25.1 Å². The van der Waals surface area contributed by atoms with Gasteiger partial charge in [-0.3, -0.25) is 14.7 Å². The van der Waals surface area contributed by atoms with Gasteiger partial charge in [0.2, 0.25) is 11.8 Å². The van der Waals surface area contributed by atoms with Crippen LogP contribution < -0.4 is 0 Å². The molecule has 156 valence electrons. The Morgan fingerprint density at radius 1 is 1.28 bits per heavy atom. The van der Waals surface area contributed by atoms with Crippen LogP contribution in [0, 0.1) is 12.3 Å². The number of carbonyl (C=O) groups is 2. The molecule has 2 amide bonds. The molecule has 4 heterocycles. The quantitative estimate of drug-likeness (QED) is 0.759. The number of hydrogen-bond acceptors (Lipinski definition) is 5. The van der Waals surface area contributed by atoms with E-state index in [0.29, 0.717) is 31.6 Å². The molecule has 9 nitrogen and oxygen atoms in total. The second kappa shape index (κ2) is 8.34. The summed E-state index contributed by atoms with van der Waals surface area (Å²) >= 11 is 0. The number of aromatic amines is 2. The molecule has 1 spiro atoms. The molecule has 2 fully saturated rings. The Morgan fingerprint density at radius 2 is 2.17 bits per heavy atom. The fourth-order valence-electron chi connectivity index (χ4n) is 4.61. The largest absolute Gasteiger partial charge is 0.348 e. The van der Waals surface area contributed by atoms with Crippen LogP contribution in [-0.2, 0) is 22.4 Å². The van der Waals surface area contributed by atoms with Crippen LogP contribution in [0.5, 0.6) is 0 Å². The molecule has 2 N–H and O–H groups in total. The van der Waals surface area contributed by atoms with E-state index in [1.165, 1.54) is 0 Å². The van der Waals surface area contributed by atoms with Gasteiger partial charge in [0.25, 0.3) is 0 Å². The Morgan fingerprint density at radius 3 is 2.93 bits per heavy atom.